The number of nitrogens with one attached hydrogen (secondary N) is 1. The van der Waals surface area contributed by atoms with Crippen LogP contribution in [0.15, 0.2) is 18.2 Å². The molecular weight excluding hydrogens is 361 g/mol. The summed E-state index contributed by atoms with van der Waals surface area (Å²) in [6.07, 6.45) is -4.79. The number of hydrogen-bond donors (Lipinski definition) is 2. The number of carbonyl (C=O) groups is 2. The highest BCUT2D eigenvalue weighted by Crippen LogP contribution is 2.31. The number of hydrogen-bond acceptors (Lipinski definition) is 6. The maximum Gasteiger partial charge on any atom is 0.573 e. The number of aromatic nitrogens is 1. The average molecular weight is 376 g/mol. The van der Waals surface area contributed by atoms with Crippen molar-refractivity contribution in [2.24, 2.45) is 5.73 Å². The van der Waals surface area contributed by atoms with Crippen LogP contribution in [0, 0.1) is 0 Å². The van der Waals surface area contributed by atoms with E-state index >= 15 is 0 Å². The van der Waals surface area contributed by atoms with E-state index in [0.29, 0.717) is 10.2 Å². The molecule has 2 amide bonds. The van der Waals surface area contributed by atoms with Gasteiger partial charge in [-0.3, -0.25) is 9.59 Å². The molecular formula is C14H15F3N4O3S. The van der Waals surface area contributed by atoms with E-state index in [4.69, 9.17) is 5.73 Å². The molecule has 2 rings (SSSR count). The van der Waals surface area contributed by atoms with Crippen LogP contribution in [0.4, 0.5) is 18.3 Å². The summed E-state index contributed by atoms with van der Waals surface area (Å²) >= 11 is 0.989. The minimum Gasteiger partial charge on any atom is -0.406 e. The van der Waals surface area contributed by atoms with Crippen molar-refractivity contribution < 1.29 is 27.5 Å². The van der Waals surface area contributed by atoms with Crippen molar-refractivity contribution in [3.05, 3.63) is 18.2 Å². The standard InChI is InChI=1S/C14H15F3N4O3S/c1-7(18)12(23)21(2)6-11(22)20-13-19-9-4-3-8(5-10(9)25-13)24-14(15,16)17/h3-5,7H,6,18H2,1-2H3,(H,19,20,22)/t7-/m1/s1. The minimum atomic E-state index is -4.79. The summed E-state index contributed by atoms with van der Waals surface area (Å²) in [5, 5.41) is 2.69. The lowest BCUT2D eigenvalue weighted by molar-refractivity contribution is -0.274. The number of amides is 2. The highest BCUT2D eigenvalue weighted by molar-refractivity contribution is 7.22. The number of halogens is 3. The van der Waals surface area contributed by atoms with E-state index in [1.165, 1.54) is 31.0 Å². The van der Waals surface area contributed by atoms with E-state index in [-0.39, 0.29) is 17.4 Å². The fourth-order valence-electron chi connectivity index (χ4n) is 1.96. The second kappa shape index (κ2) is 7.23. The molecule has 7 nitrogen and oxygen atoms in total. The third kappa shape index (κ3) is 5.29. The zero-order valence-electron chi connectivity index (χ0n) is 13.3. The van der Waals surface area contributed by atoms with Gasteiger partial charge in [-0.05, 0) is 19.1 Å². The fraction of sp³-hybridized carbons (Fsp3) is 0.357. The summed E-state index contributed by atoms with van der Waals surface area (Å²) in [6, 6.07) is 2.94. The molecule has 0 aliphatic carbocycles. The van der Waals surface area contributed by atoms with Crippen molar-refractivity contribution in [1.29, 1.82) is 0 Å². The normalized spacial score (nSPS) is 12.7. The van der Waals surface area contributed by atoms with E-state index in [1.807, 2.05) is 0 Å². The molecule has 0 saturated heterocycles. The van der Waals surface area contributed by atoms with E-state index in [9.17, 15) is 22.8 Å². The van der Waals surface area contributed by atoms with Crippen LogP contribution in [0.2, 0.25) is 0 Å². The lowest BCUT2D eigenvalue weighted by Crippen LogP contribution is -2.43. The largest absolute Gasteiger partial charge is 0.573 e. The Hall–Kier alpha value is -2.40. The Labute approximate surface area is 144 Å². The third-order valence-corrected chi connectivity index (χ3v) is 3.92. The molecule has 3 N–H and O–H groups in total. The summed E-state index contributed by atoms with van der Waals surface area (Å²) in [7, 11) is 1.43. The first kappa shape index (κ1) is 18.9. The van der Waals surface area contributed by atoms with Gasteiger partial charge in [-0.15, -0.1) is 13.2 Å². The number of nitrogens with zero attached hydrogens (tertiary/aromatic N) is 2. The molecule has 1 heterocycles. The van der Waals surface area contributed by atoms with Gasteiger partial charge in [0.05, 0.1) is 22.8 Å². The van der Waals surface area contributed by atoms with Gasteiger partial charge in [-0.25, -0.2) is 4.98 Å². The van der Waals surface area contributed by atoms with Gasteiger partial charge in [-0.2, -0.15) is 0 Å². The van der Waals surface area contributed by atoms with Crippen LogP contribution >= 0.6 is 11.3 Å². The van der Waals surface area contributed by atoms with E-state index < -0.39 is 24.2 Å². The van der Waals surface area contributed by atoms with Crippen LogP contribution in [-0.4, -0.2) is 47.7 Å². The van der Waals surface area contributed by atoms with Crippen molar-refractivity contribution in [3.8, 4) is 5.75 Å². The first-order valence-corrected chi connectivity index (χ1v) is 7.83. The summed E-state index contributed by atoms with van der Waals surface area (Å²) in [4.78, 5) is 28.8. The second-order valence-electron chi connectivity index (χ2n) is 5.23. The first-order valence-electron chi connectivity index (χ1n) is 7.02. The molecule has 0 bridgehead atoms. The number of nitrogens with two attached hydrogens (primary N) is 1. The number of anilines is 1. The number of fused-ring (bicyclic) bond motifs is 1. The number of benzene rings is 1. The van der Waals surface area contributed by atoms with Gasteiger partial charge < -0.3 is 20.7 Å². The molecule has 1 atom stereocenters. The Morgan fingerprint density at radius 1 is 1.44 bits per heavy atom. The maximum atomic E-state index is 12.2. The lowest BCUT2D eigenvalue weighted by atomic mass is 10.3. The Balaban J connectivity index is 2.06. The molecule has 1 aromatic heterocycles. The van der Waals surface area contributed by atoms with Gasteiger partial charge in [0, 0.05) is 13.1 Å². The van der Waals surface area contributed by atoms with Crippen LogP contribution in [-0.2, 0) is 9.59 Å². The van der Waals surface area contributed by atoms with Crippen molar-refractivity contribution in [3.63, 3.8) is 0 Å². The van der Waals surface area contributed by atoms with Gasteiger partial charge in [0.1, 0.15) is 5.75 Å². The molecule has 1 aromatic carbocycles. The number of ether oxygens (including phenoxy) is 1. The second-order valence-corrected chi connectivity index (χ2v) is 6.26. The SMILES string of the molecule is C[C@@H](N)C(=O)N(C)CC(=O)Nc1nc2ccc(OC(F)(F)F)cc2s1. The van der Waals surface area contributed by atoms with Gasteiger partial charge in [0.25, 0.3) is 0 Å². The zero-order valence-corrected chi connectivity index (χ0v) is 14.1. The zero-order chi connectivity index (χ0) is 18.8. The van der Waals surface area contributed by atoms with Gasteiger partial charge in [-0.1, -0.05) is 11.3 Å². The van der Waals surface area contributed by atoms with E-state index in [1.54, 1.807) is 0 Å². The summed E-state index contributed by atoms with van der Waals surface area (Å²) in [6.45, 7) is 1.28. The quantitative estimate of drug-likeness (QED) is 0.831. The molecule has 136 valence electrons. The minimum absolute atomic E-state index is 0.200. The summed E-state index contributed by atoms with van der Waals surface area (Å²) in [5.41, 5.74) is 5.86. The van der Waals surface area contributed by atoms with Gasteiger partial charge >= 0.3 is 6.36 Å². The summed E-state index contributed by atoms with van der Waals surface area (Å²) in [5.74, 6) is -1.26. The average Bonchev–Trinajstić information content (AvgIpc) is 2.85. The number of thiazole rings is 1. The molecule has 25 heavy (non-hydrogen) atoms. The van der Waals surface area contributed by atoms with E-state index in [0.717, 1.165) is 17.4 Å². The first-order chi connectivity index (χ1) is 11.5. The lowest BCUT2D eigenvalue weighted by Gasteiger charge is -2.18. The maximum absolute atomic E-state index is 12.2. The molecule has 0 aliphatic heterocycles. The predicted octanol–water partition coefficient (Wildman–Crippen LogP) is 1.94. The molecule has 0 unspecified atom stereocenters. The fourth-order valence-corrected chi connectivity index (χ4v) is 2.87. The van der Waals surface area contributed by atoms with E-state index in [2.05, 4.69) is 15.0 Å². The number of alkyl halides is 3. The van der Waals surface area contributed by atoms with Crippen LogP contribution < -0.4 is 15.8 Å². The molecule has 2 aromatic rings. The molecule has 0 saturated carbocycles. The van der Waals surface area contributed by atoms with Gasteiger partial charge in [0.15, 0.2) is 5.13 Å². The number of likely N-dealkylation sites (N-methyl/N-ethyl adjacent to an activating group) is 1. The highest BCUT2D eigenvalue weighted by atomic mass is 32.1. The van der Waals surface area contributed by atoms with Crippen molar-refractivity contribution in [2.45, 2.75) is 19.3 Å². The van der Waals surface area contributed by atoms with Crippen LogP contribution in [0.25, 0.3) is 10.2 Å². The predicted molar refractivity (Wildman–Crippen MR) is 86.2 cm³/mol. The molecule has 0 fully saturated rings. The molecule has 11 heteroatoms. The Morgan fingerprint density at radius 3 is 2.72 bits per heavy atom. The Bertz CT molecular complexity index is 791. The number of rotatable bonds is 5. The number of carbonyl (C=O) groups excluding carboxylic acids is 2. The smallest absolute Gasteiger partial charge is 0.406 e. The van der Waals surface area contributed by atoms with Crippen LogP contribution in [0.5, 0.6) is 5.75 Å². The van der Waals surface area contributed by atoms with Gasteiger partial charge in [0.2, 0.25) is 11.8 Å². The topological polar surface area (TPSA) is 97.6 Å². The molecule has 0 spiro atoms. The summed E-state index contributed by atoms with van der Waals surface area (Å²) < 4.78 is 40.9. The monoisotopic (exact) mass is 376 g/mol. The van der Waals surface area contributed by atoms with Crippen molar-refractivity contribution >= 4 is 38.5 Å². The molecule has 0 aliphatic rings. The highest BCUT2D eigenvalue weighted by Gasteiger charge is 2.31. The van der Waals surface area contributed by atoms with Crippen molar-refractivity contribution in [1.82, 2.24) is 9.88 Å². The Kier molecular flexibility index (Phi) is 5.48. The van der Waals surface area contributed by atoms with Crippen LogP contribution in [0.1, 0.15) is 6.92 Å². The third-order valence-electron chi connectivity index (χ3n) is 2.99. The Morgan fingerprint density at radius 2 is 2.12 bits per heavy atom. The van der Waals surface area contributed by atoms with Crippen LogP contribution in [0.3, 0.4) is 0 Å². The molecule has 0 radical (unpaired) electrons. The van der Waals surface area contributed by atoms with Crippen molar-refractivity contribution in [2.75, 3.05) is 18.9 Å².